The molecule has 0 saturated carbocycles. The maximum absolute atomic E-state index is 13.8. The quantitative estimate of drug-likeness (QED) is 0.432. The number of nitrogens with zero attached hydrogens (tertiary/aromatic N) is 1. The second-order valence-electron chi connectivity index (χ2n) is 7.97. The minimum atomic E-state index is -4.92. The number of methoxy groups -OCH3 is 2. The first kappa shape index (κ1) is 25.9. The largest absolute Gasteiger partial charge is 0.573 e. The maximum atomic E-state index is 13.8. The topological polar surface area (TPSA) is 91.1 Å². The molecule has 0 fully saturated rings. The second-order valence-corrected chi connectivity index (χ2v) is 10.3. The van der Waals surface area contributed by atoms with Gasteiger partial charge in [-0.2, -0.15) is 4.31 Å². The third kappa shape index (κ3) is 5.04. The Hall–Kier alpha value is -3.15. The van der Waals surface area contributed by atoms with Gasteiger partial charge in [-0.05, 0) is 53.9 Å². The fourth-order valence-electron chi connectivity index (χ4n) is 4.24. The van der Waals surface area contributed by atoms with Gasteiger partial charge in [0.2, 0.25) is 10.0 Å². The summed E-state index contributed by atoms with van der Waals surface area (Å²) in [5, 5.41) is 0.0629. The molecule has 1 aliphatic rings. The van der Waals surface area contributed by atoms with Gasteiger partial charge in [0.05, 0.1) is 35.9 Å². The number of nitrogen functional groups attached to an aromatic ring is 1. The highest BCUT2D eigenvalue weighted by molar-refractivity contribution is 7.89. The monoisotopic (exact) mass is 542 g/mol. The van der Waals surface area contributed by atoms with Crippen molar-refractivity contribution in [2.75, 3.05) is 26.5 Å². The minimum absolute atomic E-state index is 0.0304. The molecule has 0 radical (unpaired) electrons. The molecule has 0 aromatic heterocycles. The van der Waals surface area contributed by atoms with Crippen LogP contribution >= 0.6 is 11.6 Å². The number of rotatable bonds is 6. The van der Waals surface area contributed by atoms with Gasteiger partial charge in [-0.3, -0.25) is 0 Å². The summed E-state index contributed by atoms with van der Waals surface area (Å²) in [7, 11) is -1.28. The number of anilines is 1. The smallest absolute Gasteiger partial charge is 0.497 e. The van der Waals surface area contributed by atoms with E-state index in [0.29, 0.717) is 23.5 Å². The van der Waals surface area contributed by atoms with E-state index in [9.17, 15) is 21.6 Å². The van der Waals surface area contributed by atoms with Gasteiger partial charge in [0.1, 0.15) is 17.2 Å². The lowest BCUT2D eigenvalue weighted by molar-refractivity contribution is -0.274. The zero-order valence-corrected chi connectivity index (χ0v) is 20.7. The fraction of sp³-hybridized carbons (Fsp3) is 0.250. The van der Waals surface area contributed by atoms with Crippen LogP contribution < -0.4 is 19.9 Å². The molecule has 3 aromatic carbocycles. The maximum Gasteiger partial charge on any atom is 0.573 e. The molecule has 7 nitrogen and oxygen atoms in total. The Morgan fingerprint density at radius 1 is 1.03 bits per heavy atom. The molecule has 2 N–H and O–H groups in total. The molecule has 3 aromatic rings. The molecule has 0 saturated heterocycles. The lowest BCUT2D eigenvalue weighted by Crippen LogP contribution is -2.40. The van der Waals surface area contributed by atoms with Gasteiger partial charge in [0, 0.05) is 18.2 Å². The SMILES string of the molecule is COc1cc2c(c(OC)c1)C(c1cccc(OC(F)(F)F)c1)N(S(=O)(=O)c1ccc(N)c(Cl)c1)CC2. The summed E-state index contributed by atoms with van der Waals surface area (Å²) >= 11 is 6.09. The highest BCUT2D eigenvalue weighted by Crippen LogP contribution is 2.45. The van der Waals surface area contributed by atoms with E-state index in [0.717, 1.165) is 17.7 Å². The number of hydrogen-bond donors (Lipinski definition) is 1. The van der Waals surface area contributed by atoms with Gasteiger partial charge in [-0.1, -0.05) is 23.7 Å². The van der Waals surface area contributed by atoms with Crippen LogP contribution in [0.15, 0.2) is 59.5 Å². The molecule has 0 aliphatic carbocycles. The summed E-state index contributed by atoms with van der Waals surface area (Å²) in [4.78, 5) is -0.106. The predicted molar refractivity (Wildman–Crippen MR) is 128 cm³/mol. The van der Waals surface area contributed by atoms with Crippen molar-refractivity contribution in [2.45, 2.75) is 23.7 Å². The van der Waals surface area contributed by atoms with Crippen LogP contribution in [0, 0.1) is 0 Å². The average molecular weight is 543 g/mol. The van der Waals surface area contributed by atoms with Gasteiger partial charge in [0.25, 0.3) is 0 Å². The molecule has 192 valence electrons. The lowest BCUT2D eigenvalue weighted by Gasteiger charge is -2.37. The first-order chi connectivity index (χ1) is 16.9. The molecule has 0 amide bonds. The number of fused-ring (bicyclic) bond motifs is 1. The number of alkyl halides is 3. The van der Waals surface area contributed by atoms with Crippen molar-refractivity contribution in [1.29, 1.82) is 0 Å². The summed E-state index contributed by atoms with van der Waals surface area (Å²) in [5.74, 6) is 0.347. The zero-order valence-electron chi connectivity index (χ0n) is 19.2. The molecular weight excluding hydrogens is 521 g/mol. The molecule has 4 rings (SSSR count). The summed E-state index contributed by atoms with van der Waals surface area (Å²) < 4.78 is 82.7. The van der Waals surface area contributed by atoms with E-state index in [1.807, 2.05) is 0 Å². The Kier molecular flexibility index (Phi) is 7.00. The summed E-state index contributed by atoms with van der Waals surface area (Å²) in [6, 6.07) is 11.5. The number of nitrogens with two attached hydrogens (primary N) is 1. The lowest BCUT2D eigenvalue weighted by atomic mass is 9.88. The number of sulfonamides is 1. The number of hydrogen-bond acceptors (Lipinski definition) is 6. The third-order valence-electron chi connectivity index (χ3n) is 5.81. The van der Waals surface area contributed by atoms with E-state index in [2.05, 4.69) is 4.74 Å². The zero-order chi connectivity index (χ0) is 26.3. The van der Waals surface area contributed by atoms with Crippen molar-refractivity contribution >= 4 is 27.3 Å². The van der Waals surface area contributed by atoms with Crippen molar-refractivity contribution in [1.82, 2.24) is 4.31 Å². The van der Waals surface area contributed by atoms with Crippen molar-refractivity contribution in [3.05, 3.63) is 76.3 Å². The minimum Gasteiger partial charge on any atom is -0.497 e. The molecule has 1 unspecified atom stereocenters. The molecule has 0 bridgehead atoms. The van der Waals surface area contributed by atoms with Crippen LogP contribution in [0.1, 0.15) is 22.7 Å². The molecule has 1 atom stereocenters. The molecule has 1 aliphatic heterocycles. The van der Waals surface area contributed by atoms with E-state index in [1.165, 1.54) is 48.9 Å². The van der Waals surface area contributed by atoms with E-state index >= 15 is 0 Å². The predicted octanol–water partition coefficient (Wildman–Crippen LogP) is 5.17. The van der Waals surface area contributed by atoms with Gasteiger partial charge < -0.3 is 19.9 Å². The normalized spacial score (nSPS) is 16.3. The van der Waals surface area contributed by atoms with E-state index in [4.69, 9.17) is 26.8 Å². The summed E-state index contributed by atoms with van der Waals surface area (Å²) in [6.07, 6.45) is -4.61. The van der Waals surface area contributed by atoms with Crippen LogP contribution in [0.3, 0.4) is 0 Å². The first-order valence-electron chi connectivity index (χ1n) is 10.6. The molecule has 12 heteroatoms. The Balaban J connectivity index is 1.93. The Labute approximate surface area is 211 Å². The molecule has 36 heavy (non-hydrogen) atoms. The summed E-state index contributed by atoms with van der Waals surface area (Å²) in [6.45, 7) is 0.0304. The third-order valence-corrected chi connectivity index (χ3v) is 7.99. The number of ether oxygens (including phenoxy) is 3. The highest BCUT2D eigenvalue weighted by Gasteiger charge is 2.40. The average Bonchev–Trinajstić information content (AvgIpc) is 2.83. The molecule has 0 spiro atoms. The summed E-state index contributed by atoms with van der Waals surface area (Å²) in [5.41, 5.74) is 7.44. The van der Waals surface area contributed by atoms with Crippen molar-refractivity contribution in [2.24, 2.45) is 0 Å². The van der Waals surface area contributed by atoms with Crippen molar-refractivity contribution in [3.8, 4) is 17.2 Å². The van der Waals surface area contributed by atoms with Gasteiger partial charge >= 0.3 is 6.36 Å². The van der Waals surface area contributed by atoms with Crippen molar-refractivity contribution < 1.29 is 35.8 Å². The van der Waals surface area contributed by atoms with Crippen LogP contribution in [0.5, 0.6) is 17.2 Å². The van der Waals surface area contributed by atoms with Crippen LogP contribution in [-0.4, -0.2) is 39.8 Å². The second kappa shape index (κ2) is 9.72. The first-order valence-corrected chi connectivity index (χ1v) is 12.4. The van der Waals surface area contributed by atoms with Crippen molar-refractivity contribution in [3.63, 3.8) is 0 Å². The Bertz CT molecular complexity index is 1380. The molecule has 1 heterocycles. The van der Waals surface area contributed by atoms with Gasteiger partial charge in [-0.25, -0.2) is 8.42 Å². The van der Waals surface area contributed by atoms with Crippen LogP contribution in [0.2, 0.25) is 5.02 Å². The Morgan fingerprint density at radius 2 is 1.78 bits per heavy atom. The standard InChI is InChI=1S/C24H22ClF3N2O5S/c1-33-17-10-14-8-9-30(36(31,32)18-6-7-20(29)19(25)13-18)23(22(14)21(12-17)34-2)15-4-3-5-16(11-15)35-24(26,27)28/h3-7,10-13,23H,8-9,29H2,1-2H3. The van der Waals surface area contributed by atoms with Gasteiger partial charge in [-0.15, -0.1) is 13.2 Å². The fourth-order valence-corrected chi connectivity index (χ4v) is 6.10. The number of halogens is 4. The van der Waals surface area contributed by atoms with Crippen LogP contribution in [0.4, 0.5) is 18.9 Å². The van der Waals surface area contributed by atoms with E-state index < -0.39 is 28.2 Å². The van der Waals surface area contributed by atoms with Crippen LogP contribution in [0.25, 0.3) is 0 Å². The van der Waals surface area contributed by atoms with E-state index in [-0.39, 0.29) is 27.7 Å². The number of benzene rings is 3. The van der Waals surface area contributed by atoms with Crippen LogP contribution in [-0.2, 0) is 16.4 Å². The molecular formula is C24H22ClF3N2O5S. The van der Waals surface area contributed by atoms with Gasteiger partial charge in [0.15, 0.2) is 0 Å². The highest BCUT2D eigenvalue weighted by atomic mass is 35.5. The van der Waals surface area contributed by atoms with E-state index in [1.54, 1.807) is 12.1 Å². The Morgan fingerprint density at radius 3 is 2.42 bits per heavy atom.